The molecule has 2 N–H and O–H groups in total. The highest BCUT2D eigenvalue weighted by atomic mass is 35.5. The van der Waals surface area contributed by atoms with Crippen LogP contribution in [0.3, 0.4) is 0 Å². The standard InChI is InChI=1S/C20H12Cl2F2N2O2/c21-16-10-17(22)18(24)9-15(16)20(28)26-13-5-1-3-11(7-13)19(27)25-14-6-2-4-12(23)8-14/h1-10H,(H,25,27)(H,26,28). The Labute approximate surface area is 169 Å². The van der Waals surface area contributed by atoms with Crippen LogP contribution in [-0.2, 0) is 0 Å². The van der Waals surface area contributed by atoms with Crippen LogP contribution in [-0.4, -0.2) is 11.8 Å². The average molecular weight is 421 g/mol. The van der Waals surface area contributed by atoms with Crippen molar-refractivity contribution in [1.29, 1.82) is 0 Å². The Bertz CT molecular complexity index is 1070. The number of hydrogen-bond donors (Lipinski definition) is 2. The lowest BCUT2D eigenvalue weighted by Crippen LogP contribution is -2.15. The molecule has 0 aliphatic carbocycles. The summed E-state index contributed by atoms with van der Waals surface area (Å²) in [6.45, 7) is 0. The second kappa shape index (κ2) is 8.37. The molecule has 0 fully saturated rings. The van der Waals surface area contributed by atoms with E-state index in [-0.39, 0.29) is 21.2 Å². The molecule has 3 aromatic rings. The third-order valence-electron chi connectivity index (χ3n) is 3.72. The van der Waals surface area contributed by atoms with Gasteiger partial charge in [-0.25, -0.2) is 8.78 Å². The largest absolute Gasteiger partial charge is 0.322 e. The number of carbonyl (C=O) groups excluding carboxylic acids is 2. The highest BCUT2D eigenvalue weighted by Gasteiger charge is 2.15. The van der Waals surface area contributed by atoms with E-state index in [1.807, 2.05) is 0 Å². The van der Waals surface area contributed by atoms with Gasteiger partial charge >= 0.3 is 0 Å². The van der Waals surface area contributed by atoms with Gasteiger partial charge in [0.15, 0.2) is 0 Å². The van der Waals surface area contributed by atoms with Gasteiger partial charge in [0, 0.05) is 16.9 Å². The van der Waals surface area contributed by atoms with Crippen LogP contribution in [0.1, 0.15) is 20.7 Å². The molecule has 0 aliphatic heterocycles. The fraction of sp³-hybridized carbons (Fsp3) is 0. The minimum absolute atomic E-state index is 0.0103. The second-order valence-corrected chi connectivity index (χ2v) is 6.56. The van der Waals surface area contributed by atoms with Gasteiger partial charge < -0.3 is 10.6 Å². The van der Waals surface area contributed by atoms with Crippen LogP contribution in [0, 0.1) is 11.6 Å². The Balaban J connectivity index is 1.77. The normalized spacial score (nSPS) is 10.4. The average Bonchev–Trinajstić information content (AvgIpc) is 2.65. The topological polar surface area (TPSA) is 58.2 Å². The van der Waals surface area contributed by atoms with Crippen LogP contribution >= 0.6 is 23.2 Å². The summed E-state index contributed by atoms with van der Waals surface area (Å²) in [4.78, 5) is 24.7. The quantitative estimate of drug-likeness (QED) is 0.525. The van der Waals surface area contributed by atoms with Crippen molar-refractivity contribution >= 4 is 46.4 Å². The summed E-state index contributed by atoms with van der Waals surface area (Å²) in [5, 5.41) is 4.89. The zero-order chi connectivity index (χ0) is 20.3. The Morgan fingerprint density at radius 3 is 2.11 bits per heavy atom. The molecule has 142 valence electrons. The summed E-state index contributed by atoms with van der Waals surface area (Å²) >= 11 is 11.6. The second-order valence-electron chi connectivity index (χ2n) is 5.75. The first-order valence-electron chi connectivity index (χ1n) is 7.96. The first-order valence-corrected chi connectivity index (χ1v) is 8.72. The molecule has 28 heavy (non-hydrogen) atoms. The van der Waals surface area contributed by atoms with Crippen LogP contribution in [0.5, 0.6) is 0 Å². The molecule has 0 bridgehead atoms. The summed E-state index contributed by atoms with van der Waals surface area (Å²) in [5.41, 5.74) is 0.722. The van der Waals surface area contributed by atoms with Gasteiger partial charge in [-0.3, -0.25) is 9.59 Å². The summed E-state index contributed by atoms with van der Waals surface area (Å²) in [6.07, 6.45) is 0. The van der Waals surface area contributed by atoms with E-state index in [0.29, 0.717) is 11.4 Å². The Morgan fingerprint density at radius 2 is 1.39 bits per heavy atom. The number of benzene rings is 3. The number of nitrogens with one attached hydrogen (secondary N) is 2. The third kappa shape index (κ3) is 4.65. The molecule has 0 aliphatic rings. The molecule has 0 heterocycles. The maximum absolute atomic E-state index is 13.6. The Hall–Kier alpha value is -2.96. The number of amides is 2. The van der Waals surface area contributed by atoms with Gasteiger partial charge in [-0.15, -0.1) is 0 Å². The van der Waals surface area contributed by atoms with Crippen LogP contribution in [0.2, 0.25) is 10.0 Å². The van der Waals surface area contributed by atoms with Gasteiger partial charge in [0.05, 0.1) is 15.6 Å². The Kier molecular flexibility index (Phi) is 5.92. The van der Waals surface area contributed by atoms with Gasteiger partial charge in [0.25, 0.3) is 11.8 Å². The number of carbonyl (C=O) groups is 2. The molecule has 0 aromatic heterocycles. The van der Waals surface area contributed by atoms with Crippen molar-refractivity contribution in [2.75, 3.05) is 10.6 Å². The van der Waals surface area contributed by atoms with Crippen LogP contribution in [0.15, 0.2) is 60.7 Å². The van der Waals surface area contributed by atoms with Gasteiger partial charge in [-0.1, -0.05) is 35.3 Å². The maximum atomic E-state index is 13.6. The van der Waals surface area contributed by atoms with Crippen LogP contribution in [0.4, 0.5) is 20.2 Å². The predicted octanol–water partition coefficient (Wildman–Crippen LogP) is 5.78. The van der Waals surface area contributed by atoms with E-state index < -0.39 is 23.4 Å². The molecule has 8 heteroatoms. The van der Waals surface area contributed by atoms with E-state index >= 15 is 0 Å². The molecule has 3 aromatic carbocycles. The number of rotatable bonds is 4. The summed E-state index contributed by atoms with van der Waals surface area (Å²) in [7, 11) is 0. The summed E-state index contributed by atoms with van der Waals surface area (Å²) in [6, 6.07) is 13.6. The minimum atomic E-state index is -0.778. The molecule has 0 saturated heterocycles. The van der Waals surface area contributed by atoms with Gasteiger partial charge in [0.2, 0.25) is 0 Å². The lowest BCUT2D eigenvalue weighted by atomic mass is 10.1. The van der Waals surface area contributed by atoms with E-state index in [0.717, 1.165) is 12.1 Å². The van der Waals surface area contributed by atoms with Crippen molar-refractivity contribution in [3.63, 3.8) is 0 Å². The summed E-state index contributed by atoms with van der Waals surface area (Å²) < 4.78 is 26.8. The third-order valence-corrected chi connectivity index (χ3v) is 4.32. The molecule has 0 unspecified atom stereocenters. The SMILES string of the molecule is O=C(Nc1cccc(F)c1)c1cccc(NC(=O)c2cc(F)c(Cl)cc2Cl)c1. The first kappa shape index (κ1) is 19.8. The molecular formula is C20H12Cl2F2N2O2. The lowest BCUT2D eigenvalue weighted by Gasteiger charge is -2.10. The van der Waals surface area contributed by atoms with E-state index in [2.05, 4.69) is 10.6 Å². The highest BCUT2D eigenvalue weighted by Crippen LogP contribution is 2.25. The Morgan fingerprint density at radius 1 is 0.750 bits per heavy atom. The molecule has 3 rings (SSSR count). The van der Waals surface area contributed by atoms with Crippen molar-refractivity contribution < 1.29 is 18.4 Å². The van der Waals surface area contributed by atoms with Gasteiger partial charge in [-0.2, -0.15) is 0 Å². The number of hydrogen-bond acceptors (Lipinski definition) is 2. The van der Waals surface area contributed by atoms with Crippen molar-refractivity contribution in [1.82, 2.24) is 0 Å². The van der Waals surface area contributed by atoms with Crippen molar-refractivity contribution in [3.05, 3.63) is 93.5 Å². The van der Waals surface area contributed by atoms with Crippen molar-refractivity contribution in [3.8, 4) is 0 Å². The zero-order valence-electron chi connectivity index (χ0n) is 14.1. The zero-order valence-corrected chi connectivity index (χ0v) is 15.6. The van der Waals surface area contributed by atoms with Crippen molar-refractivity contribution in [2.24, 2.45) is 0 Å². The van der Waals surface area contributed by atoms with Crippen molar-refractivity contribution in [2.45, 2.75) is 0 Å². The number of anilines is 2. The van der Waals surface area contributed by atoms with E-state index in [1.165, 1.54) is 30.3 Å². The predicted molar refractivity (Wildman–Crippen MR) is 105 cm³/mol. The van der Waals surface area contributed by atoms with Crippen LogP contribution < -0.4 is 10.6 Å². The molecule has 0 atom stereocenters. The first-order chi connectivity index (χ1) is 13.3. The lowest BCUT2D eigenvalue weighted by molar-refractivity contribution is 0.101. The van der Waals surface area contributed by atoms with Gasteiger partial charge in [0.1, 0.15) is 11.6 Å². The van der Waals surface area contributed by atoms with E-state index in [1.54, 1.807) is 18.2 Å². The molecule has 0 saturated carbocycles. The molecule has 4 nitrogen and oxygen atoms in total. The maximum Gasteiger partial charge on any atom is 0.257 e. The highest BCUT2D eigenvalue weighted by molar-refractivity contribution is 6.37. The number of halogens is 4. The fourth-order valence-electron chi connectivity index (χ4n) is 2.40. The minimum Gasteiger partial charge on any atom is -0.322 e. The fourth-order valence-corrected chi connectivity index (χ4v) is 2.87. The molecular weight excluding hydrogens is 409 g/mol. The van der Waals surface area contributed by atoms with Gasteiger partial charge in [-0.05, 0) is 48.5 Å². The smallest absolute Gasteiger partial charge is 0.257 e. The molecule has 0 spiro atoms. The molecule has 2 amide bonds. The molecule has 0 radical (unpaired) electrons. The van der Waals surface area contributed by atoms with E-state index in [4.69, 9.17) is 23.2 Å². The van der Waals surface area contributed by atoms with Crippen LogP contribution in [0.25, 0.3) is 0 Å². The monoisotopic (exact) mass is 420 g/mol. The summed E-state index contributed by atoms with van der Waals surface area (Å²) in [5.74, 6) is -2.41. The van der Waals surface area contributed by atoms with E-state index in [9.17, 15) is 18.4 Å².